The highest BCUT2D eigenvalue weighted by Crippen LogP contribution is 2.29. The van der Waals surface area contributed by atoms with Crippen molar-refractivity contribution in [2.75, 3.05) is 7.11 Å². The van der Waals surface area contributed by atoms with Gasteiger partial charge in [-0.25, -0.2) is 5.43 Å². The molecule has 3 rings (SSSR count). The third-order valence-electron chi connectivity index (χ3n) is 4.83. The first-order valence-electron chi connectivity index (χ1n) is 10.0. The molecule has 10 heteroatoms. The molecular weight excluding hydrogens is 487 g/mol. The summed E-state index contributed by atoms with van der Waals surface area (Å²) in [5.74, 6) is 0.938. The second kappa shape index (κ2) is 11.4. The van der Waals surface area contributed by atoms with E-state index < -0.39 is 0 Å². The number of carbonyl (C=O) groups excluding carboxylic acids is 1. The summed E-state index contributed by atoms with van der Waals surface area (Å²) in [6, 6.07) is 10.5. The Kier molecular flexibility index (Phi) is 8.61. The molecule has 0 atom stereocenters. The monoisotopic (exact) mass is 508 g/mol. The molecule has 1 amide bonds. The van der Waals surface area contributed by atoms with Gasteiger partial charge in [-0.3, -0.25) is 9.48 Å². The third-order valence-corrected chi connectivity index (χ3v) is 5.91. The molecule has 0 spiro atoms. The number of nitrogens with zero attached hydrogens (tertiary/aromatic N) is 3. The lowest BCUT2D eigenvalue weighted by atomic mass is 10.1. The number of benzene rings is 2. The SMILES string of the molecule is COc1ccc(C=NNC(=O)CCn2nc(C)c(Cl)c2C)cc1COc1ccc(Cl)cc1Cl. The zero-order valence-corrected chi connectivity index (χ0v) is 20.6. The van der Waals surface area contributed by atoms with Gasteiger partial charge in [0.1, 0.15) is 18.1 Å². The van der Waals surface area contributed by atoms with Crippen LogP contribution in [0, 0.1) is 13.8 Å². The molecule has 1 N–H and O–H groups in total. The predicted molar refractivity (Wildman–Crippen MR) is 131 cm³/mol. The van der Waals surface area contributed by atoms with Crippen molar-refractivity contribution in [1.82, 2.24) is 15.2 Å². The molecule has 0 saturated heterocycles. The van der Waals surface area contributed by atoms with Crippen molar-refractivity contribution in [3.05, 3.63) is 74.0 Å². The number of carbonyl (C=O) groups is 1. The molecule has 0 aliphatic carbocycles. The van der Waals surface area contributed by atoms with Gasteiger partial charge in [0.2, 0.25) is 5.91 Å². The van der Waals surface area contributed by atoms with Crippen LogP contribution in [-0.4, -0.2) is 29.0 Å². The molecular formula is C23H23Cl3N4O3. The Morgan fingerprint density at radius 3 is 2.58 bits per heavy atom. The molecule has 33 heavy (non-hydrogen) atoms. The highest BCUT2D eigenvalue weighted by molar-refractivity contribution is 6.35. The van der Waals surface area contributed by atoms with Crippen LogP contribution in [0.2, 0.25) is 15.1 Å². The van der Waals surface area contributed by atoms with Crippen LogP contribution in [0.25, 0.3) is 0 Å². The van der Waals surface area contributed by atoms with E-state index in [2.05, 4.69) is 15.6 Å². The number of hydrogen-bond donors (Lipinski definition) is 1. The van der Waals surface area contributed by atoms with Gasteiger partial charge in [0, 0.05) is 17.0 Å². The van der Waals surface area contributed by atoms with Crippen molar-refractivity contribution in [2.45, 2.75) is 33.4 Å². The number of aromatic nitrogens is 2. The zero-order valence-electron chi connectivity index (χ0n) is 18.4. The first kappa shape index (κ1) is 24.9. The minimum absolute atomic E-state index is 0.221. The van der Waals surface area contributed by atoms with Gasteiger partial charge in [0.25, 0.3) is 0 Å². The van der Waals surface area contributed by atoms with Gasteiger partial charge in [-0.05, 0) is 55.8 Å². The summed E-state index contributed by atoms with van der Waals surface area (Å²) >= 11 is 18.2. The lowest BCUT2D eigenvalue weighted by molar-refractivity contribution is -0.121. The number of hydrazone groups is 1. The van der Waals surface area contributed by atoms with Gasteiger partial charge in [-0.15, -0.1) is 0 Å². The van der Waals surface area contributed by atoms with E-state index in [4.69, 9.17) is 44.3 Å². The number of nitrogens with one attached hydrogen (secondary N) is 1. The molecule has 0 radical (unpaired) electrons. The Labute approximate surface area is 207 Å². The number of methoxy groups -OCH3 is 1. The van der Waals surface area contributed by atoms with Gasteiger partial charge < -0.3 is 9.47 Å². The van der Waals surface area contributed by atoms with Gasteiger partial charge >= 0.3 is 0 Å². The molecule has 0 aliphatic heterocycles. The fourth-order valence-corrected chi connectivity index (χ4v) is 3.67. The van der Waals surface area contributed by atoms with Crippen LogP contribution in [0.3, 0.4) is 0 Å². The summed E-state index contributed by atoms with van der Waals surface area (Å²) in [4.78, 5) is 12.1. The average molecular weight is 510 g/mol. The van der Waals surface area contributed by atoms with Gasteiger partial charge in [-0.2, -0.15) is 10.2 Å². The summed E-state index contributed by atoms with van der Waals surface area (Å²) < 4.78 is 12.9. The Bertz CT molecular complexity index is 1180. The number of hydrogen-bond acceptors (Lipinski definition) is 5. The number of aryl methyl sites for hydroxylation is 2. The lowest BCUT2D eigenvalue weighted by Gasteiger charge is -2.12. The van der Waals surface area contributed by atoms with Gasteiger partial charge in [-0.1, -0.05) is 34.8 Å². The van der Waals surface area contributed by atoms with E-state index in [-0.39, 0.29) is 18.9 Å². The molecule has 0 bridgehead atoms. The largest absolute Gasteiger partial charge is 0.496 e. The quantitative estimate of drug-likeness (QED) is 0.301. The van der Waals surface area contributed by atoms with Crippen molar-refractivity contribution in [3.8, 4) is 11.5 Å². The molecule has 0 unspecified atom stereocenters. The van der Waals surface area contributed by atoms with Gasteiger partial charge in [0.05, 0.1) is 41.3 Å². The van der Waals surface area contributed by atoms with E-state index in [0.717, 1.165) is 22.5 Å². The summed E-state index contributed by atoms with van der Waals surface area (Å²) in [5, 5.41) is 9.92. The molecule has 2 aromatic carbocycles. The standard InChI is InChI=1S/C23H23Cl3N4O3/c1-14-23(26)15(2)30(29-14)9-8-22(31)28-27-12-16-4-6-20(32-3)17(10-16)13-33-21-7-5-18(24)11-19(21)25/h4-7,10-12H,8-9,13H2,1-3H3,(H,28,31). The van der Waals surface area contributed by atoms with Crippen LogP contribution in [0.15, 0.2) is 41.5 Å². The van der Waals surface area contributed by atoms with Crippen molar-refractivity contribution < 1.29 is 14.3 Å². The van der Waals surface area contributed by atoms with Crippen LogP contribution in [0.4, 0.5) is 0 Å². The predicted octanol–water partition coefficient (Wildman–Crippen LogP) is 5.59. The highest BCUT2D eigenvalue weighted by atomic mass is 35.5. The van der Waals surface area contributed by atoms with E-state index in [1.165, 1.54) is 0 Å². The first-order chi connectivity index (χ1) is 15.8. The first-order valence-corrected chi connectivity index (χ1v) is 11.2. The van der Waals surface area contributed by atoms with Crippen molar-refractivity contribution in [3.63, 3.8) is 0 Å². The Hall–Kier alpha value is -2.74. The lowest BCUT2D eigenvalue weighted by Crippen LogP contribution is -2.20. The summed E-state index contributed by atoms with van der Waals surface area (Å²) in [5.41, 5.74) is 5.66. The molecule has 174 valence electrons. The summed E-state index contributed by atoms with van der Waals surface area (Å²) in [7, 11) is 1.58. The van der Waals surface area contributed by atoms with E-state index in [1.807, 2.05) is 26.0 Å². The Balaban J connectivity index is 1.58. The number of rotatable bonds is 9. The van der Waals surface area contributed by atoms with E-state index in [9.17, 15) is 4.79 Å². The normalized spacial score (nSPS) is 11.1. The molecule has 1 heterocycles. The van der Waals surface area contributed by atoms with E-state index >= 15 is 0 Å². The molecule has 3 aromatic rings. The maximum atomic E-state index is 12.1. The molecule has 0 aliphatic rings. The Morgan fingerprint density at radius 1 is 1.15 bits per heavy atom. The van der Waals surface area contributed by atoms with E-state index in [0.29, 0.717) is 33.1 Å². The number of halogens is 3. The van der Waals surface area contributed by atoms with Crippen molar-refractivity contribution >= 4 is 46.9 Å². The second-order valence-electron chi connectivity index (χ2n) is 7.19. The highest BCUT2D eigenvalue weighted by Gasteiger charge is 2.11. The number of ether oxygens (including phenoxy) is 2. The van der Waals surface area contributed by atoms with Crippen molar-refractivity contribution in [2.24, 2.45) is 5.10 Å². The fourth-order valence-electron chi connectivity index (χ4n) is 3.07. The molecule has 0 fully saturated rings. The molecule has 0 saturated carbocycles. The van der Waals surface area contributed by atoms with Crippen molar-refractivity contribution in [1.29, 1.82) is 0 Å². The average Bonchev–Trinajstić information content (AvgIpc) is 3.04. The maximum absolute atomic E-state index is 12.1. The Morgan fingerprint density at radius 2 is 1.91 bits per heavy atom. The van der Waals surface area contributed by atoms with Gasteiger partial charge in [0.15, 0.2) is 0 Å². The fraction of sp³-hybridized carbons (Fsp3) is 0.261. The zero-order chi connectivity index (χ0) is 24.0. The van der Waals surface area contributed by atoms with Crippen LogP contribution < -0.4 is 14.9 Å². The maximum Gasteiger partial charge on any atom is 0.241 e. The number of amides is 1. The molecule has 7 nitrogen and oxygen atoms in total. The van der Waals surface area contributed by atoms with Crippen LogP contribution in [-0.2, 0) is 17.9 Å². The topological polar surface area (TPSA) is 77.7 Å². The minimum atomic E-state index is -0.232. The smallest absolute Gasteiger partial charge is 0.241 e. The van der Waals surface area contributed by atoms with Crippen LogP contribution >= 0.6 is 34.8 Å². The third kappa shape index (κ3) is 6.63. The van der Waals surface area contributed by atoms with E-state index in [1.54, 1.807) is 42.3 Å². The molecule has 1 aromatic heterocycles. The van der Waals surface area contributed by atoms with Crippen LogP contribution in [0.5, 0.6) is 11.5 Å². The summed E-state index contributed by atoms with van der Waals surface area (Å²) in [6.07, 6.45) is 1.77. The van der Waals surface area contributed by atoms with Crippen LogP contribution in [0.1, 0.15) is 28.9 Å². The second-order valence-corrected chi connectivity index (χ2v) is 8.41. The summed E-state index contributed by atoms with van der Waals surface area (Å²) in [6.45, 7) is 4.33. The minimum Gasteiger partial charge on any atom is -0.496 e.